The number of amides is 1. The van der Waals surface area contributed by atoms with Crippen LogP contribution in [0.1, 0.15) is 10.4 Å². The minimum atomic E-state index is -3.87. The number of aromatic nitrogens is 1. The smallest absolute Gasteiger partial charge is 0.280 e. The average Bonchev–Trinajstić information content (AvgIpc) is 3.49. The largest absolute Gasteiger partial charge is 0.497 e. The second-order valence-electron chi connectivity index (χ2n) is 6.78. The first-order valence-electron chi connectivity index (χ1n) is 9.52. The third kappa shape index (κ3) is 5.22. The van der Waals surface area contributed by atoms with Crippen LogP contribution in [0.5, 0.6) is 5.75 Å². The molecule has 1 amide bonds. The molecule has 34 heavy (non-hydrogen) atoms. The Morgan fingerprint density at radius 1 is 1.09 bits per heavy atom. The quantitative estimate of drug-likeness (QED) is 0.252. The molecular formula is C21H16N4O6S3. The average molecular weight is 517 g/mol. The molecule has 0 saturated carbocycles. The highest BCUT2D eigenvalue weighted by Gasteiger charge is 2.17. The van der Waals surface area contributed by atoms with Gasteiger partial charge in [0.25, 0.3) is 21.6 Å². The molecule has 2 aromatic carbocycles. The van der Waals surface area contributed by atoms with Crippen LogP contribution < -0.4 is 14.8 Å². The van der Waals surface area contributed by atoms with E-state index in [0.29, 0.717) is 21.5 Å². The number of anilines is 2. The van der Waals surface area contributed by atoms with Crippen molar-refractivity contribution in [1.82, 2.24) is 4.98 Å². The van der Waals surface area contributed by atoms with Crippen molar-refractivity contribution >= 4 is 55.1 Å². The first kappa shape index (κ1) is 23.4. The number of nitro groups is 1. The molecule has 2 N–H and O–H groups in total. The minimum absolute atomic E-state index is 0.0208. The van der Waals surface area contributed by atoms with Gasteiger partial charge in [-0.1, -0.05) is 6.07 Å². The predicted molar refractivity (Wildman–Crippen MR) is 130 cm³/mol. The molecule has 0 radical (unpaired) electrons. The van der Waals surface area contributed by atoms with Gasteiger partial charge in [0.05, 0.1) is 32.9 Å². The summed E-state index contributed by atoms with van der Waals surface area (Å²) in [6.07, 6.45) is 0. The van der Waals surface area contributed by atoms with Gasteiger partial charge in [-0.3, -0.25) is 24.9 Å². The zero-order valence-corrected chi connectivity index (χ0v) is 19.9. The summed E-state index contributed by atoms with van der Waals surface area (Å²) in [7, 11) is -2.38. The number of carbonyl (C=O) groups is 1. The van der Waals surface area contributed by atoms with Gasteiger partial charge in [0.2, 0.25) is 0 Å². The molecule has 0 spiro atoms. The summed E-state index contributed by atoms with van der Waals surface area (Å²) >= 11 is 2.36. The molecule has 0 aliphatic carbocycles. The number of nitrogens with zero attached hydrogens (tertiary/aromatic N) is 2. The molecule has 4 rings (SSSR count). The van der Waals surface area contributed by atoms with Crippen LogP contribution in [0.3, 0.4) is 0 Å². The Balaban J connectivity index is 1.46. The van der Waals surface area contributed by atoms with Crippen molar-refractivity contribution in [2.75, 3.05) is 17.1 Å². The molecule has 174 valence electrons. The number of hydrogen-bond donors (Lipinski definition) is 2. The van der Waals surface area contributed by atoms with Crippen molar-refractivity contribution < 1.29 is 22.9 Å². The van der Waals surface area contributed by atoms with Crippen molar-refractivity contribution in [3.63, 3.8) is 0 Å². The Morgan fingerprint density at radius 2 is 1.85 bits per heavy atom. The lowest BCUT2D eigenvalue weighted by Crippen LogP contribution is -2.15. The molecule has 13 heteroatoms. The van der Waals surface area contributed by atoms with Gasteiger partial charge in [0.15, 0.2) is 5.13 Å². The summed E-state index contributed by atoms with van der Waals surface area (Å²) in [4.78, 5) is 28.0. The molecule has 0 unspecified atom stereocenters. The number of hydrogen-bond acceptors (Lipinski definition) is 9. The second kappa shape index (κ2) is 9.59. The number of benzene rings is 2. The fourth-order valence-corrected chi connectivity index (χ4v) is 5.51. The molecule has 0 aliphatic rings. The number of methoxy groups -OCH3 is 1. The molecule has 2 aromatic heterocycles. The molecule has 0 aliphatic heterocycles. The number of thiazole rings is 1. The van der Waals surface area contributed by atoms with Gasteiger partial charge >= 0.3 is 0 Å². The van der Waals surface area contributed by atoms with Crippen LogP contribution in [-0.4, -0.2) is 31.3 Å². The zero-order chi connectivity index (χ0) is 24.3. The van der Waals surface area contributed by atoms with Gasteiger partial charge < -0.3 is 4.74 Å². The number of ether oxygens (including phenoxy) is 1. The third-order valence-electron chi connectivity index (χ3n) is 4.52. The monoisotopic (exact) mass is 516 g/mol. The lowest BCUT2D eigenvalue weighted by molar-refractivity contribution is -0.384. The van der Waals surface area contributed by atoms with Crippen LogP contribution in [-0.2, 0) is 10.0 Å². The maximum Gasteiger partial charge on any atom is 0.280 e. The van der Waals surface area contributed by atoms with Crippen molar-refractivity contribution in [2.45, 2.75) is 4.90 Å². The highest BCUT2D eigenvalue weighted by atomic mass is 32.2. The summed E-state index contributed by atoms with van der Waals surface area (Å²) in [5.41, 5.74) is 0.930. The molecule has 0 bridgehead atoms. The van der Waals surface area contributed by atoms with E-state index in [0.717, 1.165) is 0 Å². The van der Waals surface area contributed by atoms with Crippen LogP contribution in [0.15, 0.2) is 70.3 Å². The van der Waals surface area contributed by atoms with Crippen molar-refractivity contribution in [3.05, 3.63) is 81.0 Å². The summed E-state index contributed by atoms with van der Waals surface area (Å²) in [6, 6.07) is 13.4. The number of thiophene rings is 1. The summed E-state index contributed by atoms with van der Waals surface area (Å²) in [6.45, 7) is 0. The van der Waals surface area contributed by atoms with Crippen molar-refractivity contribution in [1.29, 1.82) is 0 Å². The standard InChI is InChI=1S/C21H16N4O6S3/c1-31-16-5-7-17(8-6-16)34(29,30)24-14-4-2-3-13(9-14)20(26)23-21-22-18(12-33-21)19-10-15(11-32-19)25(27)28/h2-12,24H,1H3,(H,22,23,26). The lowest BCUT2D eigenvalue weighted by atomic mass is 10.2. The highest BCUT2D eigenvalue weighted by molar-refractivity contribution is 7.92. The molecule has 0 saturated heterocycles. The Labute approximate surface area is 202 Å². The van der Waals surface area contributed by atoms with Crippen LogP contribution >= 0.6 is 22.7 Å². The molecule has 4 aromatic rings. The molecule has 0 atom stereocenters. The Kier molecular flexibility index (Phi) is 6.58. The second-order valence-corrected chi connectivity index (χ2v) is 10.2. The fourth-order valence-electron chi connectivity index (χ4n) is 2.86. The van der Waals surface area contributed by atoms with E-state index in [4.69, 9.17) is 4.74 Å². The summed E-state index contributed by atoms with van der Waals surface area (Å²) < 4.78 is 32.8. The van der Waals surface area contributed by atoms with E-state index in [-0.39, 0.29) is 21.8 Å². The molecular weight excluding hydrogens is 500 g/mol. The Hall–Kier alpha value is -3.81. The van der Waals surface area contributed by atoms with E-state index in [1.165, 1.54) is 83.7 Å². The van der Waals surface area contributed by atoms with Gasteiger partial charge in [-0.2, -0.15) is 0 Å². The van der Waals surface area contributed by atoms with Crippen LogP contribution in [0.25, 0.3) is 10.6 Å². The number of sulfonamides is 1. The topological polar surface area (TPSA) is 141 Å². The van der Waals surface area contributed by atoms with Gasteiger partial charge in [-0.15, -0.1) is 22.7 Å². The lowest BCUT2D eigenvalue weighted by Gasteiger charge is -2.10. The fraction of sp³-hybridized carbons (Fsp3) is 0.0476. The Bertz CT molecular complexity index is 1460. The normalized spacial score (nSPS) is 11.1. The summed E-state index contributed by atoms with van der Waals surface area (Å²) in [5.74, 6) is 0.0452. The summed E-state index contributed by atoms with van der Waals surface area (Å²) in [5, 5.41) is 16.9. The van der Waals surface area contributed by atoms with Crippen LogP contribution in [0.4, 0.5) is 16.5 Å². The van der Waals surface area contributed by atoms with Crippen LogP contribution in [0.2, 0.25) is 0 Å². The number of rotatable bonds is 8. The van der Waals surface area contributed by atoms with E-state index in [9.17, 15) is 23.3 Å². The van der Waals surface area contributed by atoms with E-state index in [1.807, 2.05) is 0 Å². The third-order valence-corrected chi connectivity index (χ3v) is 7.62. The van der Waals surface area contributed by atoms with E-state index >= 15 is 0 Å². The Morgan fingerprint density at radius 3 is 2.53 bits per heavy atom. The van der Waals surface area contributed by atoms with Gasteiger partial charge in [-0.05, 0) is 42.5 Å². The number of carbonyl (C=O) groups excluding carboxylic acids is 1. The van der Waals surface area contributed by atoms with Crippen LogP contribution in [0, 0.1) is 10.1 Å². The zero-order valence-electron chi connectivity index (χ0n) is 17.4. The molecule has 2 heterocycles. The first-order valence-corrected chi connectivity index (χ1v) is 12.8. The number of nitrogens with one attached hydrogen (secondary N) is 2. The minimum Gasteiger partial charge on any atom is -0.497 e. The maximum absolute atomic E-state index is 12.7. The van der Waals surface area contributed by atoms with E-state index < -0.39 is 20.9 Å². The van der Waals surface area contributed by atoms with Crippen molar-refractivity contribution in [3.8, 4) is 16.3 Å². The van der Waals surface area contributed by atoms with Gasteiger partial charge in [-0.25, -0.2) is 13.4 Å². The first-order chi connectivity index (χ1) is 16.2. The van der Waals surface area contributed by atoms with Crippen molar-refractivity contribution in [2.24, 2.45) is 0 Å². The highest BCUT2D eigenvalue weighted by Crippen LogP contribution is 2.33. The van der Waals surface area contributed by atoms with E-state index in [2.05, 4.69) is 15.0 Å². The van der Waals surface area contributed by atoms with Gasteiger partial charge in [0.1, 0.15) is 5.75 Å². The van der Waals surface area contributed by atoms with E-state index in [1.54, 1.807) is 11.4 Å². The molecule has 0 fully saturated rings. The predicted octanol–water partition coefficient (Wildman–Crippen LogP) is 4.84. The SMILES string of the molecule is COc1ccc(S(=O)(=O)Nc2cccc(C(=O)Nc3nc(-c4cc([N+](=O)[O-])cs4)cs3)c2)cc1. The van der Waals surface area contributed by atoms with Gasteiger partial charge in [0, 0.05) is 22.7 Å². The maximum atomic E-state index is 12.7. The molecule has 10 nitrogen and oxygen atoms in total.